The third-order valence-corrected chi connectivity index (χ3v) is 4.53. The summed E-state index contributed by atoms with van der Waals surface area (Å²) in [5, 5.41) is 11.5. The lowest BCUT2D eigenvalue weighted by Gasteiger charge is -2.23. The van der Waals surface area contributed by atoms with E-state index in [0.717, 1.165) is 4.88 Å². The molecule has 5 heteroatoms. The first kappa shape index (κ1) is 12.7. The Bertz CT molecular complexity index is 680. The van der Waals surface area contributed by atoms with Gasteiger partial charge in [0.25, 0.3) is 0 Å². The summed E-state index contributed by atoms with van der Waals surface area (Å²) in [6.45, 7) is 2.04. The lowest BCUT2D eigenvalue weighted by Crippen LogP contribution is -2.40. The van der Waals surface area contributed by atoms with Gasteiger partial charge in [0.2, 0.25) is 0 Å². The molecule has 2 aromatic rings. The van der Waals surface area contributed by atoms with Crippen molar-refractivity contribution in [1.82, 2.24) is 0 Å². The van der Waals surface area contributed by atoms with Gasteiger partial charge in [0.05, 0.1) is 5.69 Å². The number of amidine groups is 1. The first-order chi connectivity index (χ1) is 8.99. The van der Waals surface area contributed by atoms with E-state index in [1.54, 1.807) is 29.5 Å². The fourth-order valence-corrected chi connectivity index (χ4v) is 3.45. The van der Waals surface area contributed by atoms with E-state index in [2.05, 4.69) is 4.99 Å². The van der Waals surface area contributed by atoms with Gasteiger partial charge in [0.1, 0.15) is 5.84 Å². The number of rotatable bonds is 2. The Morgan fingerprint density at radius 3 is 2.84 bits per heavy atom. The molecular formula is C14H13ClN2OS. The zero-order valence-corrected chi connectivity index (χ0v) is 11.9. The molecule has 2 heterocycles. The van der Waals surface area contributed by atoms with Crippen LogP contribution in [0.4, 0.5) is 5.69 Å². The molecule has 1 aliphatic rings. The van der Waals surface area contributed by atoms with Crippen molar-refractivity contribution in [3.63, 3.8) is 0 Å². The van der Waals surface area contributed by atoms with Crippen LogP contribution in [0.25, 0.3) is 0 Å². The standard InChI is InChI=1S/C14H13ClN2OS/c1-8-2-4-10(19-8)7-14(18)11-6-9(15)3-5-12(11)17-13(14)16/h2-6,18H,7H2,1H3,(H2,16,17). The highest BCUT2D eigenvalue weighted by Gasteiger charge is 2.41. The van der Waals surface area contributed by atoms with Crippen molar-refractivity contribution >= 4 is 34.5 Å². The molecule has 1 aromatic heterocycles. The molecule has 0 aliphatic carbocycles. The lowest BCUT2D eigenvalue weighted by molar-refractivity contribution is 0.115. The number of hydrogen-bond donors (Lipinski definition) is 2. The molecule has 0 spiro atoms. The zero-order valence-electron chi connectivity index (χ0n) is 10.4. The van der Waals surface area contributed by atoms with Crippen molar-refractivity contribution in [2.75, 3.05) is 0 Å². The molecule has 0 fully saturated rings. The van der Waals surface area contributed by atoms with Crippen molar-refractivity contribution in [2.45, 2.75) is 18.9 Å². The molecule has 98 valence electrons. The first-order valence-electron chi connectivity index (χ1n) is 5.91. The topological polar surface area (TPSA) is 58.6 Å². The van der Waals surface area contributed by atoms with E-state index in [1.807, 2.05) is 19.1 Å². The number of halogens is 1. The minimum absolute atomic E-state index is 0.232. The summed E-state index contributed by atoms with van der Waals surface area (Å²) in [6.07, 6.45) is 0.425. The van der Waals surface area contributed by atoms with E-state index >= 15 is 0 Å². The molecule has 3 N–H and O–H groups in total. The molecule has 1 unspecified atom stereocenters. The number of aryl methyl sites for hydroxylation is 1. The first-order valence-corrected chi connectivity index (χ1v) is 7.11. The van der Waals surface area contributed by atoms with Crippen LogP contribution in [0.15, 0.2) is 35.3 Å². The lowest BCUT2D eigenvalue weighted by atomic mass is 9.90. The Morgan fingerprint density at radius 1 is 1.37 bits per heavy atom. The van der Waals surface area contributed by atoms with Gasteiger partial charge in [0, 0.05) is 26.8 Å². The molecule has 0 saturated carbocycles. The predicted molar refractivity (Wildman–Crippen MR) is 79.4 cm³/mol. The van der Waals surface area contributed by atoms with Crippen molar-refractivity contribution < 1.29 is 5.11 Å². The fraction of sp³-hybridized carbons (Fsp3) is 0.214. The molecule has 19 heavy (non-hydrogen) atoms. The summed E-state index contributed by atoms with van der Waals surface area (Å²) < 4.78 is 0. The summed E-state index contributed by atoms with van der Waals surface area (Å²) in [5.41, 5.74) is 6.05. The number of fused-ring (bicyclic) bond motifs is 1. The van der Waals surface area contributed by atoms with Crippen LogP contribution in [0.3, 0.4) is 0 Å². The van der Waals surface area contributed by atoms with E-state index in [1.165, 1.54) is 4.88 Å². The molecule has 1 atom stereocenters. The maximum Gasteiger partial charge on any atom is 0.153 e. The Hall–Kier alpha value is -1.36. The fourth-order valence-electron chi connectivity index (χ4n) is 2.32. The molecule has 3 rings (SSSR count). The molecule has 1 aromatic carbocycles. The van der Waals surface area contributed by atoms with E-state index in [0.29, 0.717) is 22.7 Å². The maximum absolute atomic E-state index is 10.9. The van der Waals surface area contributed by atoms with Crippen LogP contribution >= 0.6 is 22.9 Å². The number of aliphatic imine (C=N–C) groups is 1. The third kappa shape index (κ3) is 2.06. The Labute approximate surface area is 120 Å². The Morgan fingerprint density at radius 2 is 2.16 bits per heavy atom. The van der Waals surface area contributed by atoms with Crippen molar-refractivity contribution in [3.8, 4) is 0 Å². The number of thiophene rings is 1. The van der Waals surface area contributed by atoms with E-state index in [4.69, 9.17) is 17.3 Å². The molecule has 0 amide bonds. The van der Waals surface area contributed by atoms with Gasteiger partial charge in [-0.3, -0.25) is 0 Å². The van der Waals surface area contributed by atoms with Crippen molar-refractivity contribution in [1.29, 1.82) is 0 Å². The van der Waals surface area contributed by atoms with Crippen LogP contribution < -0.4 is 5.73 Å². The van der Waals surface area contributed by atoms with Crippen LogP contribution in [0, 0.1) is 6.92 Å². The zero-order chi connectivity index (χ0) is 13.6. The summed E-state index contributed by atoms with van der Waals surface area (Å²) in [5.74, 6) is 0.232. The molecule has 0 saturated heterocycles. The minimum atomic E-state index is -1.25. The van der Waals surface area contributed by atoms with Crippen LogP contribution in [0.5, 0.6) is 0 Å². The number of hydrogen-bond acceptors (Lipinski definition) is 4. The van der Waals surface area contributed by atoms with Crippen LogP contribution in [0.2, 0.25) is 5.02 Å². The SMILES string of the molecule is Cc1ccc(CC2(O)C(N)=Nc3ccc(Cl)cc32)s1. The van der Waals surface area contributed by atoms with Gasteiger partial charge in [-0.25, -0.2) is 4.99 Å². The Kier molecular flexibility index (Phi) is 2.89. The second kappa shape index (κ2) is 4.34. The van der Waals surface area contributed by atoms with Crippen LogP contribution in [-0.2, 0) is 12.0 Å². The monoisotopic (exact) mass is 292 g/mol. The normalized spacial score (nSPS) is 21.3. The highest BCUT2D eigenvalue weighted by atomic mass is 35.5. The number of aliphatic hydroxyl groups is 1. The van der Waals surface area contributed by atoms with Crippen LogP contribution in [0.1, 0.15) is 15.3 Å². The number of benzene rings is 1. The second-order valence-electron chi connectivity index (χ2n) is 4.71. The summed E-state index contributed by atoms with van der Waals surface area (Å²) in [7, 11) is 0. The highest BCUT2D eigenvalue weighted by Crippen LogP contribution is 2.41. The maximum atomic E-state index is 10.9. The number of nitrogens with two attached hydrogens (primary N) is 1. The minimum Gasteiger partial charge on any atom is -0.384 e. The molecule has 3 nitrogen and oxygen atoms in total. The molecule has 0 radical (unpaired) electrons. The largest absolute Gasteiger partial charge is 0.384 e. The highest BCUT2D eigenvalue weighted by molar-refractivity contribution is 7.11. The molecule has 1 aliphatic heterocycles. The van der Waals surface area contributed by atoms with Crippen molar-refractivity contribution in [3.05, 3.63) is 50.7 Å². The van der Waals surface area contributed by atoms with Crippen molar-refractivity contribution in [2.24, 2.45) is 10.7 Å². The van der Waals surface area contributed by atoms with Gasteiger partial charge >= 0.3 is 0 Å². The summed E-state index contributed by atoms with van der Waals surface area (Å²) >= 11 is 7.66. The van der Waals surface area contributed by atoms with E-state index in [-0.39, 0.29) is 5.84 Å². The third-order valence-electron chi connectivity index (χ3n) is 3.29. The smallest absolute Gasteiger partial charge is 0.153 e. The van der Waals surface area contributed by atoms with Gasteiger partial charge in [0.15, 0.2) is 5.60 Å². The second-order valence-corrected chi connectivity index (χ2v) is 6.52. The van der Waals surface area contributed by atoms with Crippen LogP contribution in [-0.4, -0.2) is 10.9 Å². The molecular weight excluding hydrogens is 280 g/mol. The predicted octanol–water partition coefficient (Wildman–Crippen LogP) is 3.14. The van der Waals surface area contributed by atoms with Gasteiger partial charge < -0.3 is 10.8 Å². The van der Waals surface area contributed by atoms with Gasteiger partial charge in [-0.1, -0.05) is 11.6 Å². The van der Waals surface area contributed by atoms with E-state index in [9.17, 15) is 5.11 Å². The summed E-state index contributed by atoms with van der Waals surface area (Å²) in [4.78, 5) is 6.52. The van der Waals surface area contributed by atoms with Gasteiger partial charge in [-0.05, 0) is 37.3 Å². The quantitative estimate of drug-likeness (QED) is 0.893. The average Bonchev–Trinajstić information content (AvgIpc) is 2.85. The molecule has 0 bridgehead atoms. The summed E-state index contributed by atoms with van der Waals surface area (Å²) in [6, 6.07) is 9.30. The van der Waals surface area contributed by atoms with E-state index < -0.39 is 5.60 Å². The Balaban J connectivity index is 2.04. The number of nitrogens with zero attached hydrogens (tertiary/aromatic N) is 1. The average molecular weight is 293 g/mol. The van der Waals surface area contributed by atoms with Gasteiger partial charge in [-0.15, -0.1) is 11.3 Å². The van der Waals surface area contributed by atoms with Gasteiger partial charge in [-0.2, -0.15) is 0 Å².